The molecule has 0 radical (unpaired) electrons. The van der Waals surface area contributed by atoms with Gasteiger partial charge in [0.1, 0.15) is 6.04 Å². The number of nitrogen functional groups attached to an aromatic ring is 1. The molecule has 158 valence electrons. The van der Waals surface area contributed by atoms with Crippen LogP contribution in [-0.2, 0) is 29.1 Å². The van der Waals surface area contributed by atoms with Crippen molar-refractivity contribution < 1.29 is 19.2 Å². The molecule has 4 amide bonds. The van der Waals surface area contributed by atoms with Gasteiger partial charge in [0.2, 0.25) is 11.8 Å². The lowest BCUT2D eigenvalue weighted by Gasteiger charge is -2.29. The first-order valence-electron chi connectivity index (χ1n) is 10.3. The number of fused-ring (bicyclic) bond motifs is 2. The second kappa shape index (κ2) is 7.31. The lowest BCUT2D eigenvalue weighted by molar-refractivity contribution is -0.136. The number of carbonyl (C=O) groups is 4. The summed E-state index contributed by atoms with van der Waals surface area (Å²) in [7, 11) is 0. The number of imide groups is 2. The van der Waals surface area contributed by atoms with E-state index in [2.05, 4.69) is 16.3 Å². The minimum absolute atomic E-state index is 0.108. The standard InChI is InChI=1S/C23H22N4O4/c24-16-3-2-15-12-26(8-7-14(15)10-16)11-13-1-4-17-18(9-13)23(31)27(22(17)30)19-5-6-20(28)25-21(19)29/h1-4,9-10,19H,5-8,11-12,24H2,(H,25,28,29). The summed E-state index contributed by atoms with van der Waals surface area (Å²) in [5, 5.41) is 2.21. The smallest absolute Gasteiger partial charge is 0.262 e. The van der Waals surface area contributed by atoms with Crippen LogP contribution in [-0.4, -0.2) is 46.0 Å². The van der Waals surface area contributed by atoms with E-state index < -0.39 is 23.8 Å². The highest BCUT2D eigenvalue weighted by Crippen LogP contribution is 2.29. The van der Waals surface area contributed by atoms with Crippen molar-refractivity contribution in [3.05, 3.63) is 64.2 Å². The Morgan fingerprint density at radius 3 is 2.55 bits per heavy atom. The van der Waals surface area contributed by atoms with Crippen LogP contribution in [0.25, 0.3) is 0 Å². The molecule has 31 heavy (non-hydrogen) atoms. The number of rotatable bonds is 3. The first kappa shape index (κ1) is 19.4. The van der Waals surface area contributed by atoms with Crippen molar-refractivity contribution in [2.75, 3.05) is 12.3 Å². The lowest BCUT2D eigenvalue weighted by Crippen LogP contribution is -2.54. The second-order valence-electron chi connectivity index (χ2n) is 8.32. The highest BCUT2D eigenvalue weighted by Gasteiger charge is 2.44. The first-order valence-corrected chi connectivity index (χ1v) is 10.3. The van der Waals surface area contributed by atoms with Crippen molar-refractivity contribution in [1.82, 2.24) is 15.1 Å². The quantitative estimate of drug-likeness (QED) is 0.573. The van der Waals surface area contributed by atoms with E-state index in [1.165, 1.54) is 11.1 Å². The molecule has 8 nitrogen and oxygen atoms in total. The fraction of sp³-hybridized carbons (Fsp3) is 0.304. The first-order chi connectivity index (χ1) is 14.9. The molecule has 0 aliphatic carbocycles. The minimum atomic E-state index is -0.945. The fourth-order valence-electron chi connectivity index (χ4n) is 4.64. The van der Waals surface area contributed by atoms with E-state index in [0.717, 1.165) is 35.7 Å². The molecule has 8 heteroatoms. The molecule has 5 rings (SSSR count). The molecule has 2 aromatic rings. The summed E-state index contributed by atoms with van der Waals surface area (Å²) in [6, 6.07) is 10.3. The Kier molecular flexibility index (Phi) is 4.59. The van der Waals surface area contributed by atoms with Gasteiger partial charge in [-0.3, -0.25) is 34.3 Å². The summed E-state index contributed by atoms with van der Waals surface area (Å²) in [6.45, 7) is 2.32. The SMILES string of the molecule is Nc1ccc2c(c1)CCN(Cc1ccc3c(c1)C(=O)N(C1CCC(=O)NC1=O)C3=O)C2. The maximum atomic E-state index is 13.0. The molecule has 1 saturated heterocycles. The molecule has 1 atom stereocenters. The predicted octanol–water partition coefficient (Wildman–Crippen LogP) is 1.23. The second-order valence-corrected chi connectivity index (χ2v) is 8.32. The van der Waals surface area contributed by atoms with Crippen molar-refractivity contribution >= 4 is 29.3 Å². The van der Waals surface area contributed by atoms with Gasteiger partial charge in [0.05, 0.1) is 11.1 Å². The number of anilines is 1. The molecule has 0 aromatic heterocycles. The summed E-state index contributed by atoms with van der Waals surface area (Å²) >= 11 is 0. The van der Waals surface area contributed by atoms with Crippen LogP contribution >= 0.6 is 0 Å². The Morgan fingerprint density at radius 1 is 0.935 bits per heavy atom. The van der Waals surface area contributed by atoms with Crippen LogP contribution in [0.4, 0.5) is 5.69 Å². The van der Waals surface area contributed by atoms with Gasteiger partial charge in [-0.2, -0.15) is 0 Å². The van der Waals surface area contributed by atoms with Crippen molar-refractivity contribution in [2.45, 2.75) is 38.4 Å². The van der Waals surface area contributed by atoms with Gasteiger partial charge in [-0.25, -0.2) is 0 Å². The Morgan fingerprint density at radius 2 is 1.74 bits per heavy atom. The molecule has 0 spiro atoms. The van der Waals surface area contributed by atoms with Crippen LogP contribution in [0.1, 0.15) is 50.2 Å². The molecule has 2 aromatic carbocycles. The molecule has 0 bridgehead atoms. The van der Waals surface area contributed by atoms with Gasteiger partial charge in [-0.1, -0.05) is 12.1 Å². The molecule has 0 saturated carbocycles. The highest BCUT2D eigenvalue weighted by molar-refractivity contribution is 6.23. The third-order valence-electron chi connectivity index (χ3n) is 6.23. The number of nitrogens with one attached hydrogen (secondary N) is 1. The average molecular weight is 418 g/mol. The maximum absolute atomic E-state index is 13.0. The molecular formula is C23H22N4O4. The Labute approximate surface area is 179 Å². The fourth-order valence-corrected chi connectivity index (χ4v) is 4.64. The van der Waals surface area contributed by atoms with E-state index in [4.69, 9.17) is 5.73 Å². The van der Waals surface area contributed by atoms with E-state index >= 15 is 0 Å². The lowest BCUT2D eigenvalue weighted by atomic mass is 9.98. The van der Waals surface area contributed by atoms with Gasteiger partial charge in [0.25, 0.3) is 11.8 Å². The normalized spacial score (nSPS) is 21.2. The number of nitrogens with two attached hydrogens (primary N) is 1. The number of carbonyl (C=O) groups excluding carboxylic acids is 4. The molecule has 3 aliphatic rings. The van der Waals surface area contributed by atoms with Crippen LogP contribution in [0.2, 0.25) is 0 Å². The third-order valence-corrected chi connectivity index (χ3v) is 6.23. The Balaban J connectivity index is 1.34. The third kappa shape index (κ3) is 3.38. The summed E-state index contributed by atoms with van der Waals surface area (Å²) in [5.41, 5.74) is 10.7. The largest absolute Gasteiger partial charge is 0.399 e. The van der Waals surface area contributed by atoms with E-state index in [0.29, 0.717) is 17.7 Å². The van der Waals surface area contributed by atoms with E-state index in [-0.39, 0.29) is 18.7 Å². The topological polar surface area (TPSA) is 113 Å². The molecule has 1 fully saturated rings. The van der Waals surface area contributed by atoms with Crippen LogP contribution in [0.3, 0.4) is 0 Å². The Bertz CT molecular complexity index is 1140. The number of hydrogen-bond acceptors (Lipinski definition) is 6. The van der Waals surface area contributed by atoms with Crippen LogP contribution in [0.5, 0.6) is 0 Å². The van der Waals surface area contributed by atoms with Gasteiger partial charge >= 0.3 is 0 Å². The predicted molar refractivity (Wildman–Crippen MR) is 112 cm³/mol. The molecular weight excluding hydrogens is 396 g/mol. The zero-order valence-electron chi connectivity index (χ0n) is 16.9. The van der Waals surface area contributed by atoms with Crippen LogP contribution in [0, 0.1) is 0 Å². The minimum Gasteiger partial charge on any atom is -0.399 e. The maximum Gasteiger partial charge on any atom is 0.262 e. The summed E-state index contributed by atoms with van der Waals surface area (Å²) in [5.74, 6) is -1.94. The summed E-state index contributed by atoms with van der Waals surface area (Å²) in [4.78, 5) is 52.7. The van der Waals surface area contributed by atoms with Crippen LogP contribution in [0.15, 0.2) is 36.4 Å². The highest BCUT2D eigenvalue weighted by atomic mass is 16.2. The van der Waals surface area contributed by atoms with Gasteiger partial charge < -0.3 is 5.73 Å². The molecule has 3 aliphatic heterocycles. The number of nitrogens with zero attached hydrogens (tertiary/aromatic N) is 2. The molecule has 3 N–H and O–H groups in total. The van der Waals surface area contributed by atoms with Crippen molar-refractivity contribution in [1.29, 1.82) is 0 Å². The molecule has 1 unspecified atom stereocenters. The number of hydrogen-bond donors (Lipinski definition) is 2. The van der Waals surface area contributed by atoms with Crippen molar-refractivity contribution in [3.8, 4) is 0 Å². The Hall–Kier alpha value is -3.52. The number of benzene rings is 2. The van der Waals surface area contributed by atoms with E-state index in [1.54, 1.807) is 12.1 Å². The summed E-state index contributed by atoms with van der Waals surface area (Å²) < 4.78 is 0. The average Bonchev–Trinajstić information content (AvgIpc) is 2.98. The van der Waals surface area contributed by atoms with Crippen molar-refractivity contribution in [3.63, 3.8) is 0 Å². The van der Waals surface area contributed by atoms with E-state index in [9.17, 15) is 19.2 Å². The van der Waals surface area contributed by atoms with Gasteiger partial charge in [-0.05, 0) is 53.8 Å². The van der Waals surface area contributed by atoms with Crippen LogP contribution < -0.4 is 11.1 Å². The van der Waals surface area contributed by atoms with E-state index in [1.807, 2.05) is 18.2 Å². The van der Waals surface area contributed by atoms with Gasteiger partial charge in [0.15, 0.2) is 0 Å². The summed E-state index contributed by atoms with van der Waals surface area (Å²) in [6.07, 6.45) is 1.17. The van der Waals surface area contributed by atoms with Crippen molar-refractivity contribution in [2.24, 2.45) is 0 Å². The number of piperidine rings is 1. The van der Waals surface area contributed by atoms with Gasteiger partial charge in [-0.15, -0.1) is 0 Å². The van der Waals surface area contributed by atoms with Gasteiger partial charge in [0, 0.05) is 31.7 Å². The number of amides is 4. The molecule has 3 heterocycles. The zero-order chi connectivity index (χ0) is 21.7. The monoisotopic (exact) mass is 418 g/mol. The zero-order valence-corrected chi connectivity index (χ0v) is 16.9.